The van der Waals surface area contributed by atoms with Gasteiger partial charge in [0.25, 0.3) is 5.84 Å². The Hall–Kier alpha value is -2.71. The summed E-state index contributed by atoms with van der Waals surface area (Å²) in [5, 5.41) is 16.6. The molecule has 1 aliphatic rings. The fourth-order valence-electron chi connectivity index (χ4n) is 2.28. The summed E-state index contributed by atoms with van der Waals surface area (Å²) in [5.41, 5.74) is 12.9. The number of rotatable bonds is 4. The SMILES string of the molecule is NC(=NN=[NH2+])c1ccc(Oc2cccc3c2B(O)OC3)cc1. The summed E-state index contributed by atoms with van der Waals surface area (Å²) in [7, 11) is -0.959. The van der Waals surface area contributed by atoms with Crippen LogP contribution in [0.25, 0.3) is 0 Å². The zero-order chi connectivity index (χ0) is 15.5. The molecule has 2 aromatic rings. The van der Waals surface area contributed by atoms with Crippen LogP contribution in [0.15, 0.2) is 52.8 Å². The number of amidine groups is 1. The van der Waals surface area contributed by atoms with Crippen molar-refractivity contribution in [3.8, 4) is 11.5 Å². The summed E-state index contributed by atoms with van der Waals surface area (Å²) in [5.74, 6) is 1.39. The second-order valence-electron chi connectivity index (χ2n) is 4.72. The van der Waals surface area contributed by atoms with Gasteiger partial charge in [-0.25, -0.2) is 0 Å². The Balaban J connectivity index is 1.84. The van der Waals surface area contributed by atoms with Gasteiger partial charge in [-0.3, -0.25) is 0 Å². The van der Waals surface area contributed by atoms with E-state index in [-0.39, 0.29) is 5.84 Å². The van der Waals surface area contributed by atoms with Crippen LogP contribution in [0.4, 0.5) is 0 Å². The van der Waals surface area contributed by atoms with Gasteiger partial charge in [-0.05, 0) is 35.9 Å². The van der Waals surface area contributed by atoms with Crippen LogP contribution < -0.4 is 21.5 Å². The van der Waals surface area contributed by atoms with Crippen molar-refractivity contribution >= 4 is 18.4 Å². The van der Waals surface area contributed by atoms with Crippen molar-refractivity contribution in [2.45, 2.75) is 6.61 Å². The first-order valence-electron chi connectivity index (χ1n) is 6.62. The number of benzene rings is 2. The highest BCUT2D eigenvalue weighted by molar-refractivity contribution is 6.62. The van der Waals surface area contributed by atoms with E-state index in [4.69, 9.17) is 20.7 Å². The normalized spacial score (nSPS) is 13.9. The molecule has 0 saturated carbocycles. The first kappa shape index (κ1) is 14.2. The predicted octanol–water partition coefficient (Wildman–Crippen LogP) is -0.472. The van der Waals surface area contributed by atoms with Crippen molar-refractivity contribution < 1.29 is 19.9 Å². The third-order valence-corrected chi connectivity index (χ3v) is 3.34. The van der Waals surface area contributed by atoms with Crippen molar-refractivity contribution in [1.82, 2.24) is 0 Å². The summed E-state index contributed by atoms with van der Waals surface area (Å²) in [6, 6.07) is 12.5. The first-order chi connectivity index (χ1) is 10.7. The molecular formula is C14H14BN4O3+. The third-order valence-electron chi connectivity index (χ3n) is 3.34. The maximum atomic E-state index is 9.86. The lowest BCUT2D eigenvalue weighted by atomic mass is 9.79. The van der Waals surface area contributed by atoms with E-state index in [2.05, 4.69) is 10.3 Å². The average Bonchev–Trinajstić information content (AvgIpc) is 2.91. The van der Waals surface area contributed by atoms with Crippen LogP contribution >= 0.6 is 0 Å². The molecule has 0 unspecified atom stereocenters. The number of hydrogen-bond donors (Lipinski definition) is 3. The summed E-state index contributed by atoms with van der Waals surface area (Å²) in [6.07, 6.45) is 0. The minimum Gasteiger partial charge on any atom is -0.458 e. The second kappa shape index (κ2) is 5.96. The quantitative estimate of drug-likeness (QED) is 0.232. The minimum atomic E-state index is -0.959. The molecule has 1 heterocycles. The summed E-state index contributed by atoms with van der Waals surface area (Å²) in [6.45, 7) is 0.377. The van der Waals surface area contributed by atoms with Gasteiger partial charge in [0.05, 0.1) is 11.7 Å². The molecule has 0 spiro atoms. The van der Waals surface area contributed by atoms with Gasteiger partial charge in [0.15, 0.2) is 0 Å². The third kappa shape index (κ3) is 2.69. The van der Waals surface area contributed by atoms with Crippen LogP contribution in [0.3, 0.4) is 0 Å². The van der Waals surface area contributed by atoms with E-state index in [0.29, 0.717) is 29.1 Å². The molecule has 22 heavy (non-hydrogen) atoms. The Morgan fingerprint density at radius 1 is 1.27 bits per heavy atom. The van der Waals surface area contributed by atoms with E-state index in [0.717, 1.165) is 5.56 Å². The zero-order valence-corrected chi connectivity index (χ0v) is 11.6. The minimum absolute atomic E-state index is 0.221. The molecule has 0 aromatic heterocycles. The molecule has 0 saturated heterocycles. The van der Waals surface area contributed by atoms with Crippen LogP contribution in [0, 0.1) is 0 Å². The zero-order valence-electron chi connectivity index (χ0n) is 11.6. The second-order valence-corrected chi connectivity index (χ2v) is 4.72. The lowest BCUT2D eigenvalue weighted by molar-refractivity contribution is -0.221. The van der Waals surface area contributed by atoms with Crippen molar-refractivity contribution in [3.05, 3.63) is 53.6 Å². The van der Waals surface area contributed by atoms with Crippen LogP contribution in [0.5, 0.6) is 11.5 Å². The molecule has 2 aromatic carbocycles. The van der Waals surface area contributed by atoms with E-state index >= 15 is 0 Å². The van der Waals surface area contributed by atoms with Crippen LogP contribution in [-0.4, -0.2) is 18.0 Å². The van der Waals surface area contributed by atoms with E-state index in [1.807, 2.05) is 12.1 Å². The molecule has 8 heteroatoms. The highest BCUT2D eigenvalue weighted by atomic mass is 16.5. The number of nitrogens with zero attached hydrogens (tertiary/aromatic N) is 2. The molecule has 1 aliphatic heterocycles. The Kier molecular flexibility index (Phi) is 3.86. The largest absolute Gasteiger partial charge is 0.495 e. The monoisotopic (exact) mass is 297 g/mol. The topological polar surface area (TPSA) is 115 Å². The molecule has 3 rings (SSSR count). The maximum Gasteiger partial charge on any atom is 0.495 e. The van der Waals surface area contributed by atoms with Gasteiger partial charge in [-0.1, -0.05) is 12.1 Å². The van der Waals surface area contributed by atoms with Gasteiger partial charge in [0.2, 0.25) is 0 Å². The molecule has 0 atom stereocenters. The van der Waals surface area contributed by atoms with Crippen molar-refractivity contribution in [2.75, 3.05) is 0 Å². The summed E-state index contributed by atoms with van der Waals surface area (Å²) < 4.78 is 11.0. The number of fused-ring (bicyclic) bond motifs is 1. The number of hydrogen-bond acceptors (Lipinski definition) is 4. The highest BCUT2D eigenvalue weighted by Gasteiger charge is 2.31. The molecule has 5 N–H and O–H groups in total. The van der Waals surface area contributed by atoms with Gasteiger partial charge in [0.1, 0.15) is 16.7 Å². The van der Waals surface area contributed by atoms with Crippen molar-refractivity contribution in [2.24, 2.45) is 16.1 Å². The van der Waals surface area contributed by atoms with E-state index in [9.17, 15) is 5.02 Å². The Labute approximate surface area is 127 Å². The fraction of sp³-hybridized carbons (Fsp3) is 0.0714. The molecule has 110 valence electrons. The highest BCUT2D eigenvalue weighted by Crippen LogP contribution is 2.24. The van der Waals surface area contributed by atoms with Crippen LogP contribution in [0.1, 0.15) is 11.1 Å². The van der Waals surface area contributed by atoms with Gasteiger partial charge in [0, 0.05) is 11.0 Å². The molecule has 7 nitrogen and oxygen atoms in total. The molecule has 0 radical (unpaired) electrons. The summed E-state index contributed by atoms with van der Waals surface area (Å²) >= 11 is 0. The van der Waals surface area contributed by atoms with E-state index in [1.165, 1.54) is 0 Å². The van der Waals surface area contributed by atoms with Crippen LogP contribution in [-0.2, 0) is 11.3 Å². The maximum absolute atomic E-state index is 9.86. The lowest BCUT2D eigenvalue weighted by Crippen LogP contribution is -2.29. The van der Waals surface area contributed by atoms with Gasteiger partial charge in [-0.2, -0.15) is 5.53 Å². The summed E-state index contributed by atoms with van der Waals surface area (Å²) in [4.78, 5) is 0. The molecular weight excluding hydrogens is 283 g/mol. The molecule has 0 amide bonds. The molecule has 0 bridgehead atoms. The predicted molar refractivity (Wildman–Crippen MR) is 80.4 cm³/mol. The lowest BCUT2D eigenvalue weighted by Gasteiger charge is -2.10. The van der Waals surface area contributed by atoms with Crippen LogP contribution in [0.2, 0.25) is 0 Å². The van der Waals surface area contributed by atoms with Gasteiger partial charge in [-0.15, -0.1) is 0 Å². The number of ether oxygens (including phenoxy) is 1. The molecule has 0 fully saturated rings. The van der Waals surface area contributed by atoms with Gasteiger partial charge < -0.3 is 20.1 Å². The Bertz CT molecular complexity index is 733. The van der Waals surface area contributed by atoms with Crippen molar-refractivity contribution in [3.63, 3.8) is 0 Å². The van der Waals surface area contributed by atoms with E-state index in [1.54, 1.807) is 30.3 Å². The fourth-order valence-corrected chi connectivity index (χ4v) is 2.28. The first-order valence-corrected chi connectivity index (χ1v) is 6.62. The number of nitrogens with two attached hydrogens (primary N) is 2. The average molecular weight is 297 g/mol. The van der Waals surface area contributed by atoms with E-state index < -0.39 is 7.12 Å². The van der Waals surface area contributed by atoms with Crippen molar-refractivity contribution in [1.29, 1.82) is 0 Å². The standard InChI is InChI=1S/C14H13BN4O3/c16-14(18-19-17)9-4-6-11(7-5-9)22-12-3-1-2-10-8-21-15(20)13(10)12/h1-7,20H,8H2,(H3,16,17,18)/p+1. The van der Waals surface area contributed by atoms with Gasteiger partial charge >= 0.3 is 7.12 Å². The Morgan fingerprint density at radius 2 is 2.05 bits per heavy atom. The molecule has 0 aliphatic carbocycles. The Morgan fingerprint density at radius 3 is 2.77 bits per heavy atom. The smallest absolute Gasteiger partial charge is 0.458 e.